The van der Waals surface area contributed by atoms with Crippen LogP contribution in [0.5, 0.6) is 0 Å². The van der Waals surface area contributed by atoms with Crippen molar-refractivity contribution in [3.8, 4) is 0 Å². The van der Waals surface area contributed by atoms with Gasteiger partial charge in [0, 0.05) is 15.4 Å². The van der Waals surface area contributed by atoms with E-state index >= 15 is 0 Å². The average Bonchev–Trinajstić information content (AvgIpc) is 2.32. The van der Waals surface area contributed by atoms with Crippen molar-refractivity contribution in [3.63, 3.8) is 0 Å². The molecule has 1 rings (SSSR count). The normalized spacial score (nSPS) is 14.2. The molecule has 0 fully saturated rings. The van der Waals surface area contributed by atoms with Crippen molar-refractivity contribution in [2.75, 3.05) is 0 Å². The summed E-state index contributed by atoms with van der Waals surface area (Å²) < 4.78 is 40.4. The molecule has 8 heteroatoms. The van der Waals surface area contributed by atoms with Gasteiger partial charge in [0.2, 0.25) is 0 Å². The minimum Gasteiger partial charge on any atom is -0.320 e. The summed E-state index contributed by atoms with van der Waals surface area (Å²) in [7, 11) is -5.66. The fraction of sp³-hybridized carbons (Fsp3) is 0.625. The van der Waals surface area contributed by atoms with E-state index in [1.54, 1.807) is 0 Å². The third-order valence-corrected chi connectivity index (χ3v) is 6.11. The second-order valence-corrected chi connectivity index (χ2v) is 10.9. The molecule has 0 aliphatic carbocycles. The molecule has 1 aromatic rings. The Bertz CT molecular complexity index is 686. The molecular weight excluding hydrogens is 469 g/mol. The Morgan fingerprint density at radius 3 is 1.79 bits per heavy atom. The highest BCUT2D eigenvalue weighted by Crippen LogP contribution is 2.61. The summed E-state index contributed by atoms with van der Waals surface area (Å²) in [5, 5.41) is 0.451. The van der Waals surface area contributed by atoms with E-state index in [1.165, 1.54) is 6.07 Å². The first kappa shape index (κ1) is 22.2. The van der Waals surface area contributed by atoms with E-state index in [-0.39, 0.29) is 4.47 Å². The highest BCUT2D eigenvalue weighted by molar-refractivity contribution is 9.10. The molecule has 0 aliphatic heterocycles. The van der Waals surface area contributed by atoms with Gasteiger partial charge in [-0.2, -0.15) is 8.78 Å². The number of halogens is 4. The fourth-order valence-electron chi connectivity index (χ4n) is 2.66. The van der Waals surface area contributed by atoms with Crippen LogP contribution in [0.15, 0.2) is 10.5 Å². The molecule has 0 amide bonds. The Labute approximate surface area is 158 Å². The molecule has 0 unspecified atom stereocenters. The maximum absolute atomic E-state index is 14.5. The quantitative estimate of drug-likeness (QED) is 0.393. The number of hydrogen-bond donors (Lipinski definition) is 2. The van der Waals surface area contributed by atoms with Crippen molar-refractivity contribution in [1.29, 1.82) is 0 Å². The molecule has 0 saturated carbocycles. The van der Waals surface area contributed by atoms with Crippen molar-refractivity contribution >= 4 is 39.5 Å². The minimum absolute atomic E-state index is 0.0470. The second kappa shape index (κ2) is 6.73. The molecule has 0 saturated heterocycles. The molecule has 1 aromatic carbocycles. The maximum Gasteiger partial charge on any atom is 0.399 e. The Morgan fingerprint density at radius 1 is 1.04 bits per heavy atom. The molecule has 24 heavy (non-hydrogen) atoms. The van der Waals surface area contributed by atoms with E-state index in [0.29, 0.717) is 16.5 Å². The zero-order chi connectivity index (χ0) is 19.3. The smallest absolute Gasteiger partial charge is 0.320 e. The molecule has 138 valence electrons. The highest BCUT2D eigenvalue weighted by Gasteiger charge is 2.52. The van der Waals surface area contributed by atoms with Crippen molar-refractivity contribution in [2.24, 2.45) is 0 Å². The van der Waals surface area contributed by atoms with Gasteiger partial charge in [0.05, 0.1) is 0 Å². The number of benzene rings is 1. The lowest BCUT2D eigenvalue weighted by atomic mass is 9.75. The van der Waals surface area contributed by atoms with Gasteiger partial charge >= 0.3 is 13.3 Å². The second-order valence-electron chi connectivity index (χ2n) is 7.86. The average molecular weight is 492 g/mol. The minimum atomic E-state index is -5.66. The first-order chi connectivity index (χ1) is 10.5. The van der Waals surface area contributed by atoms with E-state index in [0.717, 1.165) is 5.56 Å². The number of alkyl halides is 3. The van der Waals surface area contributed by atoms with E-state index in [1.807, 2.05) is 41.5 Å². The molecule has 0 spiro atoms. The molecule has 0 aliphatic rings. The molecule has 0 heterocycles. The first-order valence-electron chi connectivity index (χ1n) is 7.32. The zero-order valence-corrected chi connectivity index (χ0v) is 18.6. The summed E-state index contributed by atoms with van der Waals surface area (Å²) >= 11 is 6.62. The maximum atomic E-state index is 14.5. The Morgan fingerprint density at radius 2 is 1.50 bits per heavy atom. The summed E-state index contributed by atoms with van der Waals surface area (Å²) in [6.07, 6.45) is 0. The molecule has 3 nitrogen and oxygen atoms in total. The van der Waals surface area contributed by atoms with Crippen LogP contribution in [-0.2, 0) is 26.4 Å². The lowest BCUT2D eigenvalue weighted by molar-refractivity contribution is 0.0554. The van der Waals surface area contributed by atoms with Gasteiger partial charge in [-0.1, -0.05) is 57.5 Å². The van der Waals surface area contributed by atoms with Gasteiger partial charge < -0.3 is 9.79 Å². The van der Waals surface area contributed by atoms with Crippen LogP contribution in [-0.4, -0.2) is 9.79 Å². The van der Waals surface area contributed by atoms with Crippen LogP contribution in [0.1, 0.15) is 63.8 Å². The predicted octanol–water partition coefficient (Wildman–Crippen LogP) is 6.17. The van der Waals surface area contributed by atoms with Crippen LogP contribution < -0.4 is 0 Å². The van der Waals surface area contributed by atoms with Gasteiger partial charge in [0.1, 0.15) is 0 Å². The molecule has 0 aromatic heterocycles. The van der Waals surface area contributed by atoms with Gasteiger partial charge in [-0.25, -0.2) is 0 Å². The summed E-state index contributed by atoms with van der Waals surface area (Å²) in [5.41, 5.74) is -3.79. The molecule has 0 atom stereocenters. The van der Waals surface area contributed by atoms with Crippen LogP contribution in [0.4, 0.5) is 8.78 Å². The number of rotatable bonds is 3. The van der Waals surface area contributed by atoms with Gasteiger partial charge in [-0.05, 0) is 49.5 Å². The van der Waals surface area contributed by atoms with Crippen molar-refractivity contribution in [2.45, 2.75) is 63.4 Å². The van der Waals surface area contributed by atoms with Crippen LogP contribution in [0, 0.1) is 0 Å². The first-order valence-corrected chi connectivity index (χ1v) is 10.8. The standard InChI is InChI=1S/C16H23Br2F2O3P/c1-14(2,3)10-7-11(16(19,20)24(21,22)23)13(18)12(9(10)8-17)15(4,5)6/h7H,8H2,1-6H3,(H2,21,22,23). The van der Waals surface area contributed by atoms with Crippen LogP contribution in [0.2, 0.25) is 0 Å². The highest BCUT2D eigenvalue weighted by atomic mass is 79.9. The summed E-state index contributed by atoms with van der Waals surface area (Å²) in [4.78, 5) is 18.3. The third kappa shape index (κ3) is 4.12. The van der Waals surface area contributed by atoms with E-state index < -0.39 is 29.7 Å². The molecule has 0 bridgehead atoms. The predicted molar refractivity (Wildman–Crippen MR) is 100 cm³/mol. The number of hydrogen-bond acceptors (Lipinski definition) is 1. The zero-order valence-electron chi connectivity index (χ0n) is 14.5. The van der Waals surface area contributed by atoms with Crippen molar-refractivity contribution < 1.29 is 23.1 Å². The van der Waals surface area contributed by atoms with E-state index in [4.69, 9.17) is 9.79 Å². The largest absolute Gasteiger partial charge is 0.399 e. The summed E-state index contributed by atoms with van der Waals surface area (Å²) in [6, 6.07) is 1.22. The monoisotopic (exact) mass is 490 g/mol. The van der Waals surface area contributed by atoms with Crippen LogP contribution >= 0.6 is 39.5 Å². The Hall–Kier alpha value is 0.190. The molecule has 2 N–H and O–H groups in total. The van der Waals surface area contributed by atoms with Crippen molar-refractivity contribution in [1.82, 2.24) is 0 Å². The lowest BCUT2D eigenvalue weighted by Crippen LogP contribution is -2.25. The third-order valence-electron chi connectivity index (χ3n) is 3.75. The Kier molecular flexibility index (Phi) is 6.23. The van der Waals surface area contributed by atoms with Gasteiger partial charge in [0.25, 0.3) is 0 Å². The van der Waals surface area contributed by atoms with Crippen molar-refractivity contribution in [3.05, 3.63) is 32.8 Å². The summed E-state index contributed by atoms with van der Waals surface area (Å²) in [5.74, 6) is 0. The topological polar surface area (TPSA) is 57.5 Å². The van der Waals surface area contributed by atoms with Gasteiger partial charge in [-0.15, -0.1) is 0 Å². The Balaban J connectivity index is 4.06. The molecular formula is C16H23Br2F2O3P. The fourth-order valence-corrected chi connectivity index (χ4v) is 5.09. The van der Waals surface area contributed by atoms with E-state index in [9.17, 15) is 13.3 Å². The van der Waals surface area contributed by atoms with E-state index in [2.05, 4.69) is 31.9 Å². The summed E-state index contributed by atoms with van der Waals surface area (Å²) in [6.45, 7) is 11.3. The van der Waals surface area contributed by atoms with Gasteiger partial charge in [0.15, 0.2) is 0 Å². The SMILES string of the molecule is CC(C)(C)c1cc(C(F)(F)P(=O)(O)O)c(Br)c(C(C)(C)C)c1CBr. The van der Waals surface area contributed by atoms with Crippen LogP contribution in [0.25, 0.3) is 0 Å². The molecule has 0 radical (unpaired) electrons. The van der Waals surface area contributed by atoms with Crippen LogP contribution in [0.3, 0.4) is 0 Å². The lowest BCUT2D eigenvalue weighted by Gasteiger charge is -2.33. The van der Waals surface area contributed by atoms with Gasteiger partial charge in [-0.3, -0.25) is 4.57 Å².